The summed E-state index contributed by atoms with van der Waals surface area (Å²) in [7, 11) is -1.34. The Kier molecular flexibility index (Phi) is 7.13. The Morgan fingerprint density at radius 2 is 2.00 bits per heavy atom. The van der Waals surface area contributed by atoms with Gasteiger partial charge in [-0.05, 0) is 13.0 Å². The van der Waals surface area contributed by atoms with Gasteiger partial charge >= 0.3 is 0 Å². The van der Waals surface area contributed by atoms with Gasteiger partial charge in [0.15, 0.2) is 9.84 Å². The third-order valence-electron chi connectivity index (χ3n) is 1.83. The highest BCUT2D eigenvalue weighted by Gasteiger charge is 2.17. The molecule has 1 unspecified atom stereocenters. The van der Waals surface area contributed by atoms with Crippen LogP contribution in [0, 0.1) is 0 Å². The second-order valence-corrected chi connectivity index (χ2v) is 5.55. The fraction of sp³-hybridized carbons (Fsp3) is 1.00. The molecule has 0 radical (unpaired) electrons. The largest absolute Gasteiger partial charge is 0.383 e. The van der Waals surface area contributed by atoms with E-state index in [0.717, 1.165) is 6.54 Å². The van der Waals surface area contributed by atoms with Crippen molar-refractivity contribution in [2.24, 2.45) is 0 Å². The third kappa shape index (κ3) is 6.34. The minimum absolute atomic E-state index is 0.0819. The van der Waals surface area contributed by atoms with Crippen molar-refractivity contribution in [3.63, 3.8) is 0 Å². The van der Waals surface area contributed by atoms with Gasteiger partial charge in [0.05, 0.1) is 12.4 Å². The lowest BCUT2D eigenvalue weighted by Crippen LogP contribution is -2.39. The maximum absolute atomic E-state index is 11.5. The zero-order chi connectivity index (χ0) is 11.0. The summed E-state index contributed by atoms with van der Waals surface area (Å²) in [6.45, 7) is 5.03. The van der Waals surface area contributed by atoms with Crippen LogP contribution in [0.5, 0.6) is 0 Å². The van der Waals surface area contributed by atoms with Crippen molar-refractivity contribution in [3.05, 3.63) is 0 Å². The topological polar surface area (TPSA) is 55.4 Å². The molecular weight excluding hydrogens is 202 g/mol. The Hall–Kier alpha value is -0.130. The van der Waals surface area contributed by atoms with Crippen LogP contribution in [-0.4, -0.2) is 46.2 Å². The molecule has 5 heteroatoms. The first-order valence-electron chi connectivity index (χ1n) is 4.98. The lowest BCUT2D eigenvalue weighted by atomic mass is 10.3. The van der Waals surface area contributed by atoms with Gasteiger partial charge in [-0.25, -0.2) is 8.42 Å². The molecule has 0 aliphatic carbocycles. The maximum atomic E-state index is 11.5. The molecule has 0 aromatic heterocycles. The average molecular weight is 223 g/mol. The molecular formula is C9H21NO3S. The second kappa shape index (κ2) is 7.20. The van der Waals surface area contributed by atoms with E-state index in [0.29, 0.717) is 13.0 Å². The second-order valence-electron chi connectivity index (χ2n) is 3.32. The first kappa shape index (κ1) is 13.9. The number of rotatable bonds is 8. The van der Waals surface area contributed by atoms with Crippen LogP contribution in [-0.2, 0) is 14.6 Å². The zero-order valence-corrected chi connectivity index (χ0v) is 10.1. The molecule has 0 fully saturated rings. The average Bonchev–Trinajstić information content (AvgIpc) is 2.03. The summed E-state index contributed by atoms with van der Waals surface area (Å²) in [6.07, 6.45) is 0.675. The van der Waals surface area contributed by atoms with Crippen molar-refractivity contribution in [2.75, 3.05) is 31.8 Å². The molecule has 4 nitrogen and oxygen atoms in total. The van der Waals surface area contributed by atoms with Crippen LogP contribution >= 0.6 is 0 Å². The van der Waals surface area contributed by atoms with Gasteiger partial charge in [0.25, 0.3) is 0 Å². The molecule has 14 heavy (non-hydrogen) atoms. The van der Waals surface area contributed by atoms with Crippen LogP contribution in [0.15, 0.2) is 0 Å². The smallest absolute Gasteiger partial charge is 0.151 e. The minimum Gasteiger partial charge on any atom is -0.383 e. The van der Waals surface area contributed by atoms with Gasteiger partial charge in [0.2, 0.25) is 0 Å². The summed E-state index contributed by atoms with van der Waals surface area (Å²) >= 11 is 0. The third-order valence-corrected chi connectivity index (χ3v) is 3.77. The fourth-order valence-electron chi connectivity index (χ4n) is 1.36. The number of nitrogens with one attached hydrogen (secondary N) is 1. The predicted octanol–water partition coefficient (Wildman–Crippen LogP) is 0.436. The first-order valence-corrected chi connectivity index (χ1v) is 6.80. The Balaban J connectivity index is 4.13. The highest BCUT2D eigenvalue weighted by Crippen LogP contribution is 1.98. The van der Waals surface area contributed by atoms with E-state index in [2.05, 4.69) is 5.32 Å². The van der Waals surface area contributed by atoms with Crippen LogP contribution in [0.25, 0.3) is 0 Å². The van der Waals surface area contributed by atoms with Crippen molar-refractivity contribution in [1.29, 1.82) is 0 Å². The summed E-state index contributed by atoms with van der Waals surface area (Å²) in [5.41, 5.74) is 0. The number of hydrogen-bond acceptors (Lipinski definition) is 4. The summed E-state index contributed by atoms with van der Waals surface area (Å²) in [6, 6.07) is -0.0819. The normalized spacial score (nSPS) is 14.2. The molecule has 0 spiro atoms. The van der Waals surface area contributed by atoms with E-state index in [1.54, 1.807) is 7.11 Å². The lowest BCUT2D eigenvalue weighted by Gasteiger charge is -2.16. The summed E-state index contributed by atoms with van der Waals surface area (Å²) in [5.74, 6) is 0.432. The van der Waals surface area contributed by atoms with E-state index in [9.17, 15) is 8.42 Å². The quantitative estimate of drug-likeness (QED) is 0.648. The maximum Gasteiger partial charge on any atom is 0.151 e. The standard InChI is InChI=1S/C9H21NO3S/c1-4-6-14(11,12)8-9(7-13-3)10-5-2/h9-10H,4-8H2,1-3H3. The van der Waals surface area contributed by atoms with Gasteiger partial charge in [-0.2, -0.15) is 0 Å². The van der Waals surface area contributed by atoms with E-state index >= 15 is 0 Å². The van der Waals surface area contributed by atoms with Gasteiger partial charge in [-0.1, -0.05) is 13.8 Å². The molecule has 0 saturated carbocycles. The summed E-state index contributed by atoms with van der Waals surface area (Å²) in [4.78, 5) is 0. The summed E-state index contributed by atoms with van der Waals surface area (Å²) in [5, 5.41) is 3.09. The molecule has 0 bridgehead atoms. The van der Waals surface area contributed by atoms with E-state index in [-0.39, 0.29) is 17.5 Å². The molecule has 0 aromatic carbocycles. The van der Waals surface area contributed by atoms with E-state index in [1.165, 1.54) is 0 Å². The van der Waals surface area contributed by atoms with Crippen molar-refractivity contribution in [1.82, 2.24) is 5.32 Å². The van der Waals surface area contributed by atoms with Crippen LogP contribution in [0.3, 0.4) is 0 Å². The molecule has 0 saturated heterocycles. The predicted molar refractivity (Wildman–Crippen MR) is 58.3 cm³/mol. The molecule has 0 aromatic rings. The monoisotopic (exact) mass is 223 g/mol. The molecule has 1 atom stereocenters. The number of likely N-dealkylation sites (N-methyl/N-ethyl adjacent to an activating group) is 1. The molecule has 0 aliphatic heterocycles. The highest BCUT2D eigenvalue weighted by molar-refractivity contribution is 7.91. The molecule has 0 aliphatic rings. The van der Waals surface area contributed by atoms with Crippen molar-refractivity contribution in [3.8, 4) is 0 Å². The Labute approximate surface area is 86.9 Å². The SMILES string of the molecule is CCCS(=O)(=O)CC(COC)NCC. The van der Waals surface area contributed by atoms with Crippen molar-refractivity contribution in [2.45, 2.75) is 26.3 Å². The number of methoxy groups -OCH3 is 1. The van der Waals surface area contributed by atoms with E-state index < -0.39 is 9.84 Å². The Morgan fingerprint density at radius 3 is 2.43 bits per heavy atom. The molecule has 1 N–H and O–H groups in total. The van der Waals surface area contributed by atoms with Crippen molar-refractivity contribution >= 4 is 9.84 Å². The van der Waals surface area contributed by atoms with E-state index in [1.807, 2.05) is 13.8 Å². The fourth-order valence-corrected chi connectivity index (χ4v) is 2.97. The Morgan fingerprint density at radius 1 is 1.36 bits per heavy atom. The van der Waals surface area contributed by atoms with Crippen LogP contribution < -0.4 is 5.32 Å². The van der Waals surface area contributed by atoms with Gasteiger partial charge < -0.3 is 10.1 Å². The number of ether oxygens (including phenoxy) is 1. The first-order chi connectivity index (χ1) is 6.55. The van der Waals surface area contributed by atoms with Crippen LogP contribution in [0.2, 0.25) is 0 Å². The van der Waals surface area contributed by atoms with E-state index in [4.69, 9.17) is 4.74 Å². The number of sulfone groups is 1. The van der Waals surface area contributed by atoms with Gasteiger partial charge in [0, 0.05) is 18.9 Å². The Bertz CT molecular complexity index is 220. The van der Waals surface area contributed by atoms with Gasteiger partial charge in [0.1, 0.15) is 0 Å². The zero-order valence-electron chi connectivity index (χ0n) is 9.25. The molecule has 0 amide bonds. The number of hydrogen-bond donors (Lipinski definition) is 1. The van der Waals surface area contributed by atoms with Crippen LogP contribution in [0.4, 0.5) is 0 Å². The minimum atomic E-state index is -2.92. The van der Waals surface area contributed by atoms with Gasteiger partial charge in [-0.15, -0.1) is 0 Å². The van der Waals surface area contributed by atoms with Crippen LogP contribution in [0.1, 0.15) is 20.3 Å². The van der Waals surface area contributed by atoms with Crippen molar-refractivity contribution < 1.29 is 13.2 Å². The highest BCUT2D eigenvalue weighted by atomic mass is 32.2. The molecule has 0 heterocycles. The lowest BCUT2D eigenvalue weighted by molar-refractivity contribution is 0.174. The molecule has 0 rings (SSSR count). The molecule has 86 valence electrons. The van der Waals surface area contributed by atoms with Gasteiger partial charge in [-0.3, -0.25) is 0 Å². The summed E-state index contributed by atoms with van der Waals surface area (Å²) < 4.78 is 27.9.